The van der Waals surface area contributed by atoms with Gasteiger partial charge in [-0.2, -0.15) is 0 Å². The molecule has 13 heavy (non-hydrogen) atoms. The quantitative estimate of drug-likeness (QED) is 0.637. The summed E-state index contributed by atoms with van der Waals surface area (Å²) < 4.78 is 0. The number of carbonyl (C=O) groups excluding carboxylic acids is 1. The third kappa shape index (κ3) is 8.10. The van der Waals surface area contributed by atoms with Crippen LogP contribution in [0.1, 0.15) is 46.0 Å². The van der Waals surface area contributed by atoms with Crippen molar-refractivity contribution in [3.63, 3.8) is 0 Å². The molecule has 0 saturated carbocycles. The highest BCUT2D eigenvalue weighted by molar-refractivity contribution is 6.20. The van der Waals surface area contributed by atoms with Gasteiger partial charge >= 0.3 is 0 Å². The molecule has 0 spiro atoms. The lowest BCUT2D eigenvalue weighted by Crippen LogP contribution is -2.29. The van der Waals surface area contributed by atoms with Crippen LogP contribution in [0.25, 0.3) is 0 Å². The number of amides is 1. The molecule has 2 nitrogen and oxygen atoms in total. The van der Waals surface area contributed by atoms with Crippen molar-refractivity contribution in [2.24, 2.45) is 0 Å². The zero-order chi connectivity index (χ0) is 10.1. The molecule has 0 fully saturated rings. The van der Waals surface area contributed by atoms with E-state index in [1.165, 1.54) is 0 Å². The van der Waals surface area contributed by atoms with Crippen molar-refractivity contribution in [1.29, 1.82) is 0 Å². The Hall–Kier alpha value is -0.240. The molecule has 0 aromatic rings. The zero-order valence-corrected chi connectivity index (χ0v) is 9.36. The maximum absolute atomic E-state index is 11.1. The van der Waals surface area contributed by atoms with Crippen LogP contribution in [0.3, 0.4) is 0 Å². The Labute approximate surface area is 86.0 Å². The molecule has 0 aliphatic carbocycles. The van der Waals surface area contributed by atoms with Crippen molar-refractivity contribution >= 4 is 17.5 Å². The number of hydrogen-bond acceptors (Lipinski definition) is 1. The number of nitrogens with one attached hydrogen (secondary N) is 1. The largest absolute Gasteiger partial charge is 0.355 e. The minimum atomic E-state index is 0.0931. The van der Waals surface area contributed by atoms with Gasteiger partial charge in [-0.15, -0.1) is 11.6 Å². The fraction of sp³-hybridized carbons (Fsp3) is 0.900. The van der Waals surface area contributed by atoms with Crippen LogP contribution < -0.4 is 5.32 Å². The van der Waals surface area contributed by atoms with Crippen molar-refractivity contribution in [3.05, 3.63) is 0 Å². The summed E-state index contributed by atoms with van der Waals surface area (Å²) in [5.41, 5.74) is 0. The fourth-order valence-electron chi connectivity index (χ4n) is 1.07. The number of hydrogen-bond donors (Lipinski definition) is 1. The molecular formula is C10H20ClNO. The SMILES string of the molecule is CCCCC(=O)NCC(Cl)CCC. The van der Waals surface area contributed by atoms with Crippen LogP contribution in [-0.4, -0.2) is 17.8 Å². The molecule has 78 valence electrons. The molecule has 0 aromatic carbocycles. The molecule has 0 radical (unpaired) electrons. The van der Waals surface area contributed by atoms with Gasteiger partial charge < -0.3 is 5.32 Å². The second kappa shape index (κ2) is 8.36. The van der Waals surface area contributed by atoms with E-state index in [1.807, 2.05) is 0 Å². The van der Waals surface area contributed by atoms with Gasteiger partial charge in [-0.25, -0.2) is 0 Å². The van der Waals surface area contributed by atoms with Crippen LogP contribution in [0.4, 0.5) is 0 Å². The first-order valence-electron chi connectivity index (χ1n) is 5.11. The van der Waals surface area contributed by atoms with Gasteiger partial charge in [-0.05, 0) is 12.8 Å². The third-order valence-electron chi connectivity index (χ3n) is 1.88. The van der Waals surface area contributed by atoms with Crippen molar-refractivity contribution < 1.29 is 4.79 Å². The van der Waals surface area contributed by atoms with E-state index < -0.39 is 0 Å². The van der Waals surface area contributed by atoms with E-state index in [4.69, 9.17) is 11.6 Å². The van der Waals surface area contributed by atoms with E-state index in [2.05, 4.69) is 19.2 Å². The molecule has 0 bridgehead atoms. The summed E-state index contributed by atoms with van der Waals surface area (Å²) in [6.07, 6.45) is 4.69. The fourth-order valence-corrected chi connectivity index (χ4v) is 1.36. The number of halogens is 1. The molecule has 1 N–H and O–H groups in total. The average Bonchev–Trinajstić information content (AvgIpc) is 2.12. The van der Waals surface area contributed by atoms with Gasteiger partial charge in [0.25, 0.3) is 0 Å². The molecule has 3 heteroatoms. The van der Waals surface area contributed by atoms with Crippen molar-refractivity contribution in [1.82, 2.24) is 5.32 Å². The Morgan fingerprint density at radius 1 is 1.38 bits per heavy atom. The summed E-state index contributed by atoms with van der Waals surface area (Å²) >= 11 is 5.94. The maximum atomic E-state index is 11.1. The summed E-state index contributed by atoms with van der Waals surface area (Å²) in [5, 5.41) is 2.92. The van der Waals surface area contributed by atoms with Gasteiger partial charge in [0, 0.05) is 13.0 Å². The Morgan fingerprint density at radius 2 is 2.08 bits per heavy atom. The van der Waals surface area contributed by atoms with E-state index in [0.717, 1.165) is 25.7 Å². The van der Waals surface area contributed by atoms with Gasteiger partial charge in [0.2, 0.25) is 5.91 Å². The van der Waals surface area contributed by atoms with Crippen molar-refractivity contribution in [3.8, 4) is 0 Å². The number of rotatable bonds is 7. The molecule has 1 atom stereocenters. The average molecular weight is 206 g/mol. The maximum Gasteiger partial charge on any atom is 0.220 e. The smallest absolute Gasteiger partial charge is 0.220 e. The summed E-state index contributed by atoms with van der Waals surface area (Å²) in [6, 6.07) is 0. The summed E-state index contributed by atoms with van der Waals surface area (Å²) in [4.78, 5) is 11.1. The lowest BCUT2D eigenvalue weighted by molar-refractivity contribution is -0.121. The topological polar surface area (TPSA) is 29.1 Å². The molecule has 0 aromatic heterocycles. The second-order valence-corrected chi connectivity index (χ2v) is 3.91. The van der Waals surface area contributed by atoms with Crippen LogP contribution in [-0.2, 0) is 4.79 Å². The minimum Gasteiger partial charge on any atom is -0.355 e. The molecule has 1 unspecified atom stereocenters. The van der Waals surface area contributed by atoms with Crippen LogP contribution in [0.2, 0.25) is 0 Å². The Balaban J connectivity index is 3.34. The Bertz CT molecular complexity index is 139. The zero-order valence-electron chi connectivity index (χ0n) is 8.61. The first kappa shape index (κ1) is 12.8. The normalized spacial score (nSPS) is 12.5. The van der Waals surface area contributed by atoms with Gasteiger partial charge in [-0.1, -0.05) is 26.7 Å². The predicted molar refractivity (Wildman–Crippen MR) is 57.1 cm³/mol. The molecule has 0 saturated heterocycles. The highest BCUT2D eigenvalue weighted by atomic mass is 35.5. The molecule has 0 aliphatic heterocycles. The first-order chi connectivity index (χ1) is 6.20. The number of alkyl halides is 1. The molecular weight excluding hydrogens is 186 g/mol. The molecule has 0 aliphatic rings. The Morgan fingerprint density at radius 3 is 2.62 bits per heavy atom. The number of carbonyl (C=O) groups is 1. The van der Waals surface area contributed by atoms with E-state index in [9.17, 15) is 4.79 Å². The first-order valence-corrected chi connectivity index (χ1v) is 5.55. The van der Waals surface area contributed by atoms with E-state index in [-0.39, 0.29) is 11.3 Å². The highest BCUT2D eigenvalue weighted by Gasteiger charge is 2.05. The van der Waals surface area contributed by atoms with E-state index in [1.54, 1.807) is 0 Å². The van der Waals surface area contributed by atoms with Crippen molar-refractivity contribution in [2.75, 3.05) is 6.54 Å². The van der Waals surface area contributed by atoms with Gasteiger partial charge in [0.1, 0.15) is 0 Å². The van der Waals surface area contributed by atoms with Crippen LogP contribution >= 0.6 is 11.6 Å². The van der Waals surface area contributed by atoms with Crippen LogP contribution in [0.15, 0.2) is 0 Å². The van der Waals surface area contributed by atoms with Gasteiger partial charge in [0.15, 0.2) is 0 Å². The third-order valence-corrected chi connectivity index (χ3v) is 2.25. The summed E-state index contributed by atoms with van der Waals surface area (Å²) in [5.74, 6) is 0.128. The molecule has 0 rings (SSSR count). The predicted octanol–water partition coefficient (Wildman–Crippen LogP) is 2.70. The van der Waals surface area contributed by atoms with E-state index >= 15 is 0 Å². The molecule has 1 amide bonds. The minimum absolute atomic E-state index is 0.0931. The number of unbranched alkanes of at least 4 members (excludes halogenated alkanes) is 1. The van der Waals surface area contributed by atoms with Crippen LogP contribution in [0, 0.1) is 0 Å². The van der Waals surface area contributed by atoms with Crippen molar-refractivity contribution in [2.45, 2.75) is 51.3 Å². The van der Waals surface area contributed by atoms with Crippen LogP contribution in [0.5, 0.6) is 0 Å². The monoisotopic (exact) mass is 205 g/mol. The lowest BCUT2D eigenvalue weighted by atomic mass is 10.2. The van der Waals surface area contributed by atoms with E-state index in [0.29, 0.717) is 13.0 Å². The highest BCUT2D eigenvalue weighted by Crippen LogP contribution is 2.03. The Kier molecular flexibility index (Phi) is 8.21. The standard InChI is InChI=1S/C10H20ClNO/c1-3-5-7-10(13)12-8-9(11)6-4-2/h9H,3-8H2,1-2H3,(H,12,13). The van der Waals surface area contributed by atoms with Gasteiger partial charge in [-0.3, -0.25) is 4.79 Å². The summed E-state index contributed by atoms with van der Waals surface area (Å²) in [7, 11) is 0. The van der Waals surface area contributed by atoms with Gasteiger partial charge in [0.05, 0.1) is 5.38 Å². The lowest BCUT2D eigenvalue weighted by Gasteiger charge is -2.09. The second-order valence-electron chi connectivity index (χ2n) is 3.29. The molecule has 0 heterocycles. The summed E-state index contributed by atoms with van der Waals surface area (Å²) in [6.45, 7) is 4.78.